The highest BCUT2D eigenvalue weighted by molar-refractivity contribution is 9.10. The number of anilines is 1. The van der Waals surface area contributed by atoms with E-state index in [1.165, 1.54) is 24.1 Å². The maximum Gasteiger partial charge on any atom is 0.0399 e. The van der Waals surface area contributed by atoms with E-state index < -0.39 is 0 Å². The molecule has 0 saturated heterocycles. The van der Waals surface area contributed by atoms with Gasteiger partial charge in [-0.05, 0) is 49.6 Å². The van der Waals surface area contributed by atoms with E-state index in [2.05, 4.69) is 59.9 Å². The number of benzene rings is 1. The van der Waals surface area contributed by atoms with E-state index in [4.69, 9.17) is 5.73 Å². The molecule has 0 heterocycles. The lowest BCUT2D eigenvalue weighted by Crippen LogP contribution is -2.31. The molecule has 0 amide bonds. The molecule has 17 heavy (non-hydrogen) atoms. The Morgan fingerprint density at radius 1 is 1.29 bits per heavy atom. The zero-order valence-electron chi connectivity index (χ0n) is 11.0. The molecule has 3 heteroatoms. The molecule has 0 atom stereocenters. The molecule has 0 bridgehead atoms. The number of rotatable bonds is 6. The van der Waals surface area contributed by atoms with Crippen LogP contribution in [0.15, 0.2) is 22.7 Å². The van der Waals surface area contributed by atoms with Gasteiger partial charge in [0, 0.05) is 23.2 Å². The fourth-order valence-corrected chi connectivity index (χ4v) is 2.70. The third-order valence-electron chi connectivity index (χ3n) is 3.33. The second-order valence-corrected chi connectivity index (χ2v) is 5.31. The summed E-state index contributed by atoms with van der Waals surface area (Å²) in [7, 11) is 2.18. The van der Waals surface area contributed by atoms with E-state index >= 15 is 0 Å². The molecule has 1 aromatic rings. The van der Waals surface area contributed by atoms with Gasteiger partial charge in [-0.3, -0.25) is 0 Å². The van der Waals surface area contributed by atoms with Gasteiger partial charge in [-0.1, -0.05) is 29.8 Å². The van der Waals surface area contributed by atoms with Crippen LogP contribution in [0.2, 0.25) is 0 Å². The van der Waals surface area contributed by atoms with Crippen LogP contribution in [0.1, 0.15) is 32.3 Å². The van der Waals surface area contributed by atoms with Gasteiger partial charge in [0.25, 0.3) is 0 Å². The highest BCUT2D eigenvalue weighted by Gasteiger charge is 2.14. The fourth-order valence-electron chi connectivity index (χ4n) is 2.29. The first kappa shape index (κ1) is 14.5. The third kappa shape index (κ3) is 3.71. The lowest BCUT2D eigenvalue weighted by atomic mass is 10.1. The highest BCUT2D eigenvalue weighted by atomic mass is 79.9. The van der Waals surface area contributed by atoms with Crippen molar-refractivity contribution in [3.05, 3.63) is 28.2 Å². The lowest BCUT2D eigenvalue weighted by molar-refractivity contribution is 0.590. The van der Waals surface area contributed by atoms with E-state index in [-0.39, 0.29) is 0 Å². The monoisotopic (exact) mass is 298 g/mol. The van der Waals surface area contributed by atoms with Gasteiger partial charge in [0.1, 0.15) is 0 Å². The predicted molar refractivity (Wildman–Crippen MR) is 79.7 cm³/mol. The van der Waals surface area contributed by atoms with Gasteiger partial charge in [-0.2, -0.15) is 0 Å². The summed E-state index contributed by atoms with van der Waals surface area (Å²) in [5.41, 5.74) is 8.33. The van der Waals surface area contributed by atoms with E-state index in [1.54, 1.807) is 0 Å². The summed E-state index contributed by atoms with van der Waals surface area (Å²) in [6.45, 7) is 5.18. The van der Waals surface area contributed by atoms with Crippen LogP contribution in [0.4, 0.5) is 5.69 Å². The van der Waals surface area contributed by atoms with Crippen molar-refractivity contribution >= 4 is 21.6 Å². The van der Waals surface area contributed by atoms with Crippen LogP contribution in [0.25, 0.3) is 0 Å². The summed E-state index contributed by atoms with van der Waals surface area (Å²) in [5.74, 6) is 0. The summed E-state index contributed by atoms with van der Waals surface area (Å²) in [6, 6.07) is 7.08. The average molecular weight is 299 g/mol. The van der Waals surface area contributed by atoms with Crippen molar-refractivity contribution in [2.75, 3.05) is 18.5 Å². The van der Waals surface area contributed by atoms with Crippen LogP contribution in [0.3, 0.4) is 0 Å². The topological polar surface area (TPSA) is 29.3 Å². The van der Waals surface area contributed by atoms with Gasteiger partial charge in [-0.25, -0.2) is 0 Å². The summed E-state index contributed by atoms with van der Waals surface area (Å²) >= 11 is 3.53. The summed E-state index contributed by atoms with van der Waals surface area (Å²) in [5, 5.41) is 0. The minimum atomic E-state index is 0.604. The van der Waals surface area contributed by atoms with Crippen molar-refractivity contribution in [2.24, 2.45) is 5.73 Å². The van der Waals surface area contributed by atoms with Crippen molar-refractivity contribution in [2.45, 2.75) is 39.2 Å². The van der Waals surface area contributed by atoms with Gasteiger partial charge in [-0.15, -0.1) is 0 Å². The van der Waals surface area contributed by atoms with Crippen LogP contribution < -0.4 is 10.6 Å². The first-order valence-electron chi connectivity index (χ1n) is 6.35. The van der Waals surface area contributed by atoms with Crippen molar-refractivity contribution in [1.29, 1.82) is 0 Å². The number of halogens is 1. The molecular weight excluding hydrogens is 276 g/mol. The lowest BCUT2D eigenvalue weighted by Gasteiger charge is -2.30. The zero-order valence-corrected chi connectivity index (χ0v) is 12.6. The summed E-state index contributed by atoms with van der Waals surface area (Å²) < 4.78 is 1.13. The maximum absolute atomic E-state index is 5.69. The molecule has 1 aromatic carbocycles. The quantitative estimate of drug-likeness (QED) is 0.870. The van der Waals surface area contributed by atoms with E-state index in [0.29, 0.717) is 12.6 Å². The van der Waals surface area contributed by atoms with Gasteiger partial charge < -0.3 is 10.6 Å². The Kier molecular flexibility index (Phi) is 6.00. The standard InChI is InChI=1S/C14H23BrN2/c1-4-13(5-2)17(3)14-7-6-12(15)10-11(14)8-9-16/h6-7,10,13H,4-5,8-9,16H2,1-3H3. The zero-order chi connectivity index (χ0) is 12.8. The van der Waals surface area contributed by atoms with Gasteiger partial charge in [0.05, 0.1) is 0 Å². The molecule has 0 aliphatic rings. The van der Waals surface area contributed by atoms with Crippen molar-refractivity contribution in [3.63, 3.8) is 0 Å². The van der Waals surface area contributed by atoms with Crippen LogP contribution in [0.5, 0.6) is 0 Å². The molecule has 0 aliphatic carbocycles. The maximum atomic E-state index is 5.69. The molecule has 96 valence electrons. The minimum absolute atomic E-state index is 0.604. The molecule has 0 aliphatic heterocycles. The molecule has 2 N–H and O–H groups in total. The fraction of sp³-hybridized carbons (Fsp3) is 0.571. The van der Waals surface area contributed by atoms with Crippen molar-refractivity contribution in [1.82, 2.24) is 0 Å². The summed E-state index contributed by atoms with van der Waals surface area (Å²) in [4.78, 5) is 2.39. The van der Waals surface area contributed by atoms with Crippen molar-refractivity contribution in [3.8, 4) is 0 Å². The average Bonchev–Trinajstić information content (AvgIpc) is 2.31. The largest absolute Gasteiger partial charge is 0.371 e. The Morgan fingerprint density at radius 2 is 1.94 bits per heavy atom. The normalized spacial score (nSPS) is 10.9. The Bertz CT molecular complexity index is 348. The molecule has 0 aromatic heterocycles. The van der Waals surface area contributed by atoms with Gasteiger partial charge in [0.2, 0.25) is 0 Å². The Labute approximate surface area is 113 Å². The van der Waals surface area contributed by atoms with Crippen LogP contribution in [-0.4, -0.2) is 19.6 Å². The number of hydrogen-bond donors (Lipinski definition) is 1. The van der Waals surface area contributed by atoms with E-state index in [0.717, 1.165) is 10.9 Å². The molecule has 0 fully saturated rings. The molecule has 1 rings (SSSR count). The second-order valence-electron chi connectivity index (χ2n) is 4.39. The summed E-state index contributed by atoms with van der Waals surface area (Å²) in [6.07, 6.45) is 3.27. The Hall–Kier alpha value is -0.540. The second kappa shape index (κ2) is 7.02. The van der Waals surface area contributed by atoms with Crippen LogP contribution in [-0.2, 0) is 6.42 Å². The van der Waals surface area contributed by atoms with E-state index in [9.17, 15) is 0 Å². The molecule has 0 radical (unpaired) electrons. The number of nitrogens with zero attached hydrogens (tertiary/aromatic N) is 1. The molecule has 0 spiro atoms. The van der Waals surface area contributed by atoms with Crippen LogP contribution >= 0.6 is 15.9 Å². The minimum Gasteiger partial charge on any atom is -0.371 e. The van der Waals surface area contributed by atoms with Gasteiger partial charge >= 0.3 is 0 Å². The van der Waals surface area contributed by atoms with Gasteiger partial charge in [0.15, 0.2) is 0 Å². The predicted octanol–water partition coefficient (Wildman–Crippen LogP) is 3.58. The number of nitrogens with two attached hydrogens (primary N) is 1. The Balaban J connectivity index is 3.02. The number of hydrogen-bond acceptors (Lipinski definition) is 2. The first-order valence-corrected chi connectivity index (χ1v) is 7.14. The molecule has 0 saturated carbocycles. The Morgan fingerprint density at radius 3 is 2.47 bits per heavy atom. The molecular formula is C14H23BrN2. The highest BCUT2D eigenvalue weighted by Crippen LogP contribution is 2.26. The molecule has 0 unspecified atom stereocenters. The first-order chi connectivity index (χ1) is 8.13. The van der Waals surface area contributed by atoms with Crippen LogP contribution in [0, 0.1) is 0 Å². The van der Waals surface area contributed by atoms with E-state index in [1.807, 2.05) is 0 Å². The smallest absolute Gasteiger partial charge is 0.0399 e. The third-order valence-corrected chi connectivity index (χ3v) is 3.82. The SMILES string of the molecule is CCC(CC)N(C)c1ccc(Br)cc1CCN. The van der Waals surface area contributed by atoms with Crippen molar-refractivity contribution < 1.29 is 0 Å². The molecule has 2 nitrogen and oxygen atoms in total.